The predicted octanol–water partition coefficient (Wildman–Crippen LogP) is -0.163. The average Bonchev–Trinajstić information content (AvgIpc) is 3.46. The molecule has 4 heterocycles. The van der Waals surface area contributed by atoms with Crippen molar-refractivity contribution in [3.63, 3.8) is 0 Å². The van der Waals surface area contributed by atoms with Gasteiger partial charge < -0.3 is 45.1 Å². The van der Waals surface area contributed by atoms with Gasteiger partial charge in [0.1, 0.15) is 57.4 Å². The van der Waals surface area contributed by atoms with E-state index in [1.54, 1.807) is 50.2 Å². The normalized spacial score (nSPS) is 27.6. The van der Waals surface area contributed by atoms with Crippen molar-refractivity contribution in [1.29, 1.82) is 0 Å². The first-order chi connectivity index (χ1) is 24.9. The lowest BCUT2D eigenvalue weighted by Crippen LogP contribution is -2.72. The Balaban J connectivity index is 1.08. The zero-order valence-corrected chi connectivity index (χ0v) is 31.2. The lowest BCUT2D eigenvalue weighted by molar-refractivity contribution is -0.181. The molecule has 0 aromatic heterocycles. The van der Waals surface area contributed by atoms with E-state index in [-0.39, 0.29) is 17.1 Å². The van der Waals surface area contributed by atoms with Gasteiger partial charge in [-0.25, -0.2) is 18.0 Å². The fraction of sp³-hybridized carbons (Fsp3) is 0.471. The van der Waals surface area contributed by atoms with Crippen LogP contribution in [0, 0.1) is 0 Å². The van der Waals surface area contributed by atoms with E-state index in [9.17, 15) is 37.2 Å². The molecule has 2 aromatic carbocycles. The van der Waals surface area contributed by atoms with Crippen molar-refractivity contribution in [2.24, 2.45) is 5.73 Å². The number of nitrogens with two attached hydrogens (primary N) is 1. The van der Waals surface area contributed by atoms with Gasteiger partial charge >= 0.3 is 11.9 Å². The molecule has 0 spiro atoms. The molecule has 0 radical (unpaired) electrons. The van der Waals surface area contributed by atoms with Crippen LogP contribution < -0.4 is 25.8 Å². The number of rotatable bonds is 11. The molecule has 4 saturated heterocycles. The SMILES string of the molecule is COc1cccc(OC)c1C(=O)N[C@@H]1C(=O)N2[C@@H](C(=O)OCOC(=O)[C@@H]3N4C(=O)C(NC(=O)C(N)c5ccccc5)[C@H]4SC3(C)C)C(C)(C)S(=O)(=O)[C@H]12. The highest BCUT2D eigenvalue weighted by Crippen LogP contribution is 2.51. The quantitative estimate of drug-likeness (QED) is 0.153. The van der Waals surface area contributed by atoms with E-state index in [0.717, 1.165) is 4.90 Å². The summed E-state index contributed by atoms with van der Waals surface area (Å²) in [6.07, 6.45) is 0. The highest BCUT2D eigenvalue weighted by molar-refractivity contribution is 8.01. The molecular formula is C34H39N5O12S2. The summed E-state index contributed by atoms with van der Waals surface area (Å²) in [6.45, 7) is 5.00. The minimum atomic E-state index is -4.28. The molecule has 2 unspecified atom stereocenters. The van der Waals surface area contributed by atoms with Crippen molar-refractivity contribution in [3.05, 3.63) is 59.7 Å². The number of nitrogens with zero attached hydrogens (tertiary/aromatic N) is 2. The maximum atomic E-state index is 13.7. The minimum absolute atomic E-state index is 0.0567. The Morgan fingerprint density at radius 1 is 0.830 bits per heavy atom. The first-order valence-corrected chi connectivity index (χ1v) is 18.8. The van der Waals surface area contributed by atoms with E-state index < -0.39 is 103 Å². The Labute approximate surface area is 309 Å². The molecule has 53 heavy (non-hydrogen) atoms. The molecule has 4 N–H and O–H groups in total. The third-order valence-electron chi connectivity index (χ3n) is 10.0. The number of carbonyl (C=O) groups excluding carboxylic acids is 6. The van der Waals surface area contributed by atoms with E-state index in [2.05, 4.69) is 10.6 Å². The van der Waals surface area contributed by atoms with E-state index in [1.807, 2.05) is 0 Å². The zero-order chi connectivity index (χ0) is 38.8. The van der Waals surface area contributed by atoms with Crippen LogP contribution in [0.5, 0.6) is 11.5 Å². The number of sulfone groups is 1. The standard InChI is InChI=1S/C34H39N5O12S2/c1-33(2)23(38-27(42)21(29(38)52-33)36-26(41)20(35)16-11-8-7-9-12-16)31(44)50-15-51-32(45)24-34(3,4)53(46,47)30-22(28(43)39(24)30)37-25(40)19-17(48-5)13-10-14-18(19)49-6/h7-14,20-24,29-30H,15,35H2,1-6H3,(H,36,41)(H,37,40)/t20?,21?,22-,23+,24+,29-,30-/m1/s1. The molecule has 6 rings (SSSR count). The van der Waals surface area contributed by atoms with Crippen molar-refractivity contribution in [2.45, 2.75) is 78.1 Å². The Hall–Kier alpha value is -4.88. The fourth-order valence-corrected chi connectivity index (χ4v) is 11.0. The van der Waals surface area contributed by atoms with Crippen molar-refractivity contribution < 1.29 is 56.1 Å². The number of ether oxygens (including phenoxy) is 4. The van der Waals surface area contributed by atoms with Gasteiger partial charge in [-0.1, -0.05) is 36.4 Å². The number of esters is 2. The van der Waals surface area contributed by atoms with Gasteiger partial charge in [0.25, 0.3) is 5.91 Å². The monoisotopic (exact) mass is 773 g/mol. The van der Waals surface area contributed by atoms with Crippen LogP contribution in [0.3, 0.4) is 0 Å². The number of methoxy groups -OCH3 is 2. The van der Waals surface area contributed by atoms with Crippen LogP contribution in [0.4, 0.5) is 0 Å². The highest BCUT2D eigenvalue weighted by atomic mass is 32.2. The third-order valence-corrected chi connectivity index (χ3v) is 14.4. The molecule has 284 valence electrons. The summed E-state index contributed by atoms with van der Waals surface area (Å²) in [7, 11) is -1.63. The first kappa shape index (κ1) is 37.9. The molecule has 4 aliphatic rings. The van der Waals surface area contributed by atoms with E-state index in [1.165, 1.54) is 56.9 Å². The smallest absolute Gasteiger partial charge is 0.333 e. The van der Waals surface area contributed by atoms with Gasteiger partial charge in [-0.05, 0) is 45.4 Å². The molecule has 17 nitrogen and oxygen atoms in total. The van der Waals surface area contributed by atoms with Crippen molar-refractivity contribution in [2.75, 3.05) is 21.0 Å². The molecule has 0 saturated carbocycles. The van der Waals surface area contributed by atoms with Gasteiger partial charge in [-0.3, -0.25) is 19.2 Å². The number of thioether (sulfide) groups is 1. The van der Waals surface area contributed by atoms with Crippen LogP contribution in [-0.4, -0.2) is 119 Å². The second kappa shape index (κ2) is 13.5. The molecule has 0 aliphatic carbocycles. The maximum absolute atomic E-state index is 13.7. The van der Waals surface area contributed by atoms with Crippen LogP contribution in [-0.2, 0) is 43.3 Å². The third kappa shape index (κ3) is 5.94. The molecule has 4 amide bonds. The summed E-state index contributed by atoms with van der Waals surface area (Å²) in [5.41, 5.74) is 6.60. The molecule has 0 bridgehead atoms. The number of hydrogen-bond acceptors (Lipinski definition) is 14. The number of fused-ring (bicyclic) bond motifs is 2. The van der Waals surface area contributed by atoms with Gasteiger partial charge in [0.2, 0.25) is 24.5 Å². The average molecular weight is 774 g/mol. The highest BCUT2D eigenvalue weighted by Gasteiger charge is 2.73. The zero-order valence-electron chi connectivity index (χ0n) is 29.6. The predicted molar refractivity (Wildman–Crippen MR) is 187 cm³/mol. The second-order valence-electron chi connectivity index (χ2n) is 13.9. The molecule has 19 heteroatoms. The summed E-state index contributed by atoms with van der Waals surface area (Å²) in [6, 6.07) is 6.98. The summed E-state index contributed by atoms with van der Waals surface area (Å²) in [5.74, 6) is -4.56. The first-order valence-electron chi connectivity index (χ1n) is 16.4. The number of benzene rings is 2. The van der Waals surface area contributed by atoms with Crippen LogP contribution >= 0.6 is 11.8 Å². The second-order valence-corrected chi connectivity index (χ2v) is 18.3. The van der Waals surface area contributed by atoms with Gasteiger partial charge in [-0.15, -0.1) is 11.8 Å². The van der Waals surface area contributed by atoms with Gasteiger partial charge in [-0.2, -0.15) is 0 Å². The topological polar surface area (TPSA) is 230 Å². The summed E-state index contributed by atoms with van der Waals surface area (Å²) in [5, 5.41) is 2.93. The Kier molecular flexibility index (Phi) is 9.65. The van der Waals surface area contributed by atoms with Crippen LogP contribution in [0.1, 0.15) is 49.7 Å². The van der Waals surface area contributed by atoms with Crippen LogP contribution in [0.2, 0.25) is 0 Å². The summed E-state index contributed by atoms with van der Waals surface area (Å²) in [4.78, 5) is 81.6. The number of amides is 4. The number of carbonyl (C=O) groups is 6. The Morgan fingerprint density at radius 3 is 1.98 bits per heavy atom. The molecule has 4 aliphatic heterocycles. The maximum Gasteiger partial charge on any atom is 0.333 e. The minimum Gasteiger partial charge on any atom is -0.496 e. The summed E-state index contributed by atoms with van der Waals surface area (Å²) < 4.78 is 45.6. The van der Waals surface area contributed by atoms with Crippen molar-refractivity contribution >= 4 is 57.2 Å². The van der Waals surface area contributed by atoms with Gasteiger partial charge in [0.05, 0.1) is 14.2 Å². The number of hydrogen-bond donors (Lipinski definition) is 3. The van der Waals surface area contributed by atoms with E-state index in [0.29, 0.717) is 5.56 Å². The fourth-order valence-electron chi connectivity index (χ4n) is 7.19. The Bertz CT molecular complexity index is 1970. The van der Waals surface area contributed by atoms with Crippen molar-refractivity contribution in [1.82, 2.24) is 20.4 Å². The molecule has 4 fully saturated rings. The van der Waals surface area contributed by atoms with Crippen LogP contribution in [0.25, 0.3) is 0 Å². The van der Waals surface area contributed by atoms with E-state index >= 15 is 0 Å². The van der Waals surface area contributed by atoms with Crippen molar-refractivity contribution in [3.8, 4) is 11.5 Å². The lowest BCUT2D eigenvalue weighted by Gasteiger charge is -2.44. The van der Waals surface area contributed by atoms with E-state index in [4.69, 9.17) is 24.7 Å². The lowest BCUT2D eigenvalue weighted by atomic mass is 9.95. The molecule has 7 atom stereocenters. The number of β-lactam (4-membered cyclic amide) rings is 2. The largest absolute Gasteiger partial charge is 0.496 e. The van der Waals surface area contributed by atoms with Crippen LogP contribution in [0.15, 0.2) is 48.5 Å². The molecular weight excluding hydrogens is 735 g/mol. The molecule has 2 aromatic rings. The summed E-state index contributed by atoms with van der Waals surface area (Å²) >= 11 is 1.28. The van der Waals surface area contributed by atoms with Gasteiger partial charge in [0, 0.05) is 4.75 Å². The van der Waals surface area contributed by atoms with Gasteiger partial charge in [0.15, 0.2) is 15.2 Å². The Morgan fingerprint density at radius 2 is 1.40 bits per heavy atom. The number of nitrogens with one attached hydrogen (secondary N) is 2.